The lowest BCUT2D eigenvalue weighted by molar-refractivity contribution is -0.254. The van der Waals surface area contributed by atoms with E-state index in [1.54, 1.807) is 28.4 Å². The average Bonchev–Trinajstić information content (AvgIpc) is 2.74. The molecule has 0 aliphatic heterocycles. The van der Waals surface area contributed by atoms with Crippen molar-refractivity contribution in [2.45, 2.75) is 0 Å². The molecule has 3 nitrogen and oxygen atoms in total. The number of hydrogen-bond donors (Lipinski definition) is 0. The molecule has 2 aromatic rings. The zero-order valence-corrected chi connectivity index (χ0v) is 7.45. The Morgan fingerprint density at radius 1 is 1.38 bits per heavy atom. The number of thiophene rings is 1. The van der Waals surface area contributed by atoms with Crippen molar-refractivity contribution in [1.29, 1.82) is 0 Å². The summed E-state index contributed by atoms with van der Waals surface area (Å²) in [7, 11) is 0. The standard InChI is InChI=1S/C9H7NO2S/c11-9(12)8-7(3-6-13-8)10-4-1-2-5-10/h1-6H,(H,11,12)/p-1. The van der Waals surface area contributed by atoms with Crippen LogP contribution in [0.5, 0.6) is 0 Å². The molecule has 0 aliphatic carbocycles. The Bertz CT molecular complexity index is 417. The molecule has 13 heavy (non-hydrogen) atoms. The normalized spacial score (nSPS) is 10.2. The molecule has 0 unspecified atom stereocenters. The largest absolute Gasteiger partial charge is 0.544 e. The number of carboxylic acid groups (broad SMARTS) is 1. The first-order valence-corrected chi connectivity index (χ1v) is 4.59. The molecule has 0 saturated carbocycles. The summed E-state index contributed by atoms with van der Waals surface area (Å²) in [6.07, 6.45) is 3.60. The topological polar surface area (TPSA) is 45.1 Å². The van der Waals surface area contributed by atoms with Crippen LogP contribution in [0.15, 0.2) is 36.0 Å². The molecule has 0 amide bonds. The maximum atomic E-state index is 10.7. The Kier molecular flexibility index (Phi) is 1.90. The molecule has 0 aliphatic rings. The highest BCUT2D eigenvalue weighted by Crippen LogP contribution is 2.20. The van der Waals surface area contributed by atoms with Crippen molar-refractivity contribution in [3.63, 3.8) is 0 Å². The lowest BCUT2D eigenvalue weighted by Gasteiger charge is -2.04. The predicted molar refractivity (Wildman–Crippen MR) is 48.0 cm³/mol. The van der Waals surface area contributed by atoms with Gasteiger partial charge in [0.1, 0.15) is 0 Å². The van der Waals surface area contributed by atoms with Gasteiger partial charge in [-0.15, -0.1) is 11.3 Å². The van der Waals surface area contributed by atoms with Gasteiger partial charge in [0, 0.05) is 12.4 Å². The van der Waals surface area contributed by atoms with E-state index in [9.17, 15) is 9.90 Å². The van der Waals surface area contributed by atoms with E-state index < -0.39 is 5.97 Å². The van der Waals surface area contributed by atoms with Gasteiger partial charge in [-0.2, -0.15) is 0 Å². The van der Waals surface area contributed by atoms with Gasteiger partial charge in [0.15, 0.2) is 0 Å². The highest BCUT2D eigenvalue weighted by Gasteiger charge is 2.05. The van der Waals surface area contributed by atoms with Gasteiger partial charge in [-0.25, -0.2) is 0 Å². The number of carbonyl (C=O) groups is 1. The number of hydrogen-bond acceptors (Lipinski definition) is 3. The lowest BCUT2D eigenvalue weighted by atomic mass is 10.4. The van der Waals surface area contributed by atoms with E-state index in [1.807, 2.05) is 12.1 Å². The van der Waals surface area contributed by atoms with Gasteiger partial charge in [-0.1, -0.05) is 0 Å². The highest BCUT2D eigenvalue weighted by atomic mass is 32.1. The fraction of sp³-hybridized carbons (Fsp3) is 0. The summed E-state index contributed by atoms with van der Waals surface area (Å²) in [4.78, 5) is 10.9. The summed E-state index contributed by atoms with van der Waals surface area (Å²) in [5.41, 5.74) is 0.662. The Labute approximate surface area is 78.9 Å². The second kappa shape index (κ2) is 3.06. The van der Waals surface area contributed by atoms with Crippen LogP contribution in [0.2, 0.25) is 0 Å². The van der Waals surface area contributed by atoms with Crippen molar-refractivity contribution in [1.82, 2.24) is 4.57 Å². The SMILES string of the molecule is O=C([O-])c1sccc1-n1cccc1. The third kappa shape index (κ3) is 1.36. The van der Waals surface area contributed by atoms with E-state index in [2.05, 4.69) is 0 Å². The van der Waals surface area contributed by atoms with E-state index >= 15 is 0 Å². The molecule has 4 heteroatoms. The average molecular weight is 192 g/mol. The summed E-state index contributed by atoms with van der Waals surface area (Å²) in [6, 6.07) is 5.45. The van der Waals surface area contributed by atoms with E-state index in [1.165, 1.54) is 11.3 Å². The summed E-state index contributed by atoms with van der Waals surface area (Å²) in [5.74, 6) is -1.13. The first-order valence-electron chi connectivity index (χ1n) is 3.71. The minimum Gasteiger partial charge on any atom is -0.544 e. The van der Waals surface area contributed by atoms with Crippen LogP contribution in [0.25, 0.3) is 5.69 Å². The number of carbonyl (C=O) groups excluding carboxylic acids is 1. The fourth-order valence-corrected chi connectivity index (χ4v) is 1.88. The molecule has 2 aromatic heterocycles. The maximum Gasteiger partial charge on any atom is 0.0836 e. The van der Waals surface area contributed by atoms with Crippen molar-refractivity contribution < 1.29 is 9.90 Å². The van der Waals surface area contributed by atoms with E-state index in [-0.39, 0.29) is 4.88 Å². The third-order valence-corrected chi connectivity index (χ3v) is 2.60. The molecule has 0 bridgehead atoms. The minimum absolute atomic E-state index is 0.260. The molecule has 0 radical (unpaired) electrons. The van der Waals surface area contributed by atoms with Crippen LogP contribution in [-0.4, -0.2) is 10.5 Å². The second-order valence-electron chi connectivity index (χ2n) is 2.51. The molecule has 2 rings (SSSR count). The van der Waals surface area contributed by atoms with Crippen molar-refractivity contribution in [3.8, 4) is 5.69 Å². The van der Waals surface area contributed by atoms with E-state index in [0.717, 1.165) is 0 Å². The smallest absolute Gasteiger partial charge is 0.0836 e. The number of aromatic nitrogens is 1. The quantitative estimate of drug-likeness (QED) is 0.709. The van der Waals surface area contributed by atoms with Crippen molar-refractivity contribution in [3.05, 3.63) is 40.8 Å². The maximum absolute atomic E-state index is 10.7. The van der Waals surface area contributed by atoms with Gasteiger partial charge in [-0.3, -0.25) is 0 Å². The zero-order valence-electron chi connectivity index (χ0n) is 6.64. The first kappa shape index (κ1) is 8.07. The van der Waals surface area contributed by atoms with Crippen LogP contribution in [0.3, 0.4) is 0 Å². The number of carboxylic acids is 1. The number of aromatic carboxylic acids is 1. The molecule has 0 aromatic carbocycles. The molecule has 0 N–H and O–H groups in total. The zero-order chi connectivity index (χ0) is 9.26. The third-order valence-electron chi connectivity index (χ3n) is 1.71. The van der Waals surface area contributed by atoms with Crippen LogP contribution in [0, 0.1) is 0 Å². The van der Waals surface area contributed by atoms with E-state index in [0.29, 0.717) is 5.69 Å². The van der Waals surface area contributed by atoms with E-state index in [4.69, 9.17) is 0 Å². The molecular formula is C9H6NO2S-. The van der Waals surface area contributed by atoms with Gasteiger partial charge in [0.05, 0.1) is 16.5 Å². The summed E-state index contributed by atoms with van der Waals surface area (Å²) in [6.45, 7) is 0. The van der Waals surface area contributed by atoms with Crippen LogP contribution in [0.4, 0.5) is 0 Å². The molecule has 0 saturated heterocycles. The molecule has 2 heterocycles. The van der Waals surface area contributed by atoms with Crippen LogP contribution < -0.4 is 5.11 Å². The van der Waals surface area contributed by atoms with Crippen molar-refractivity contribution >= 4 is 17.3 Å². The van der Waals surface area contributed by atoms with Gasteiger partial charge in [-0.05, 0) is 23.6 Å². The molecule has 66 valence electrons. The minimum atomic E-state index is -1.13. The molecule has 0 fully saturated rings. The Morgan fingerprint density at radius 3 is 2.69 bits per heavy atom. The van der Waals surface area contributed by atoms with Gasteiger partial charge >= 0.3 is 0 Å². The number of rotatable bonds is 2. The number of nitrogens with zero attached hydrogens (tertiary/aromatic N) is 1. The second-order valence-corrected chi connectivity index (χ2v) is 3.43. The summed E-state index contributed by atoms with van der Waals surface area (Å²) >= 11 is 1.17. The lowest BCUT2D eigenvalue weighted by Crippen LogP contribution is -2.22. The van der Waals surface area contributed by atoms with Crippen LogP contribution in [0.1, 0.15) is 9.67 Å². The predicted octanol–water partition coefficient (Wildman–Crippen LogP) is 0.902. The molecular weight excluding hydrogens is 186 g/mol. The summed E-state index contributed by atoms with van der Waals surface area (Å²) in [5, 5.41) is 12.4. The molecule has 0 spiro atoms. The van der Waals surface area contributed by atoms with Crippen molar-refractivity contribution in [2.24, 2.45) is 0 Å². The summed E-state index contributed by atoms with van der Waals surface area (Å²) < 4.78 is 1.75. The molecule has 0 atom stereocenters. The van der Waals surface area contributed by atoms with Crippen molar-refractivity contribution in [2.75, 3.05) is 0 Å². The Balaban J connectivity index is 2.52. The Hall–Kier alpha value is -1.55. The first-order chi connectivity index (χ1) is 6.29. The monoisotopic (exact) mass is 192 g/mol. The Morgan fingerprint density at radius 2 is 2.08 bits per heavy atom. The van der Waals surface area contributed by atoms with Crippen LogP contribution >= 0.6 is 11.3 Å². The van der Waals surface area contributed by atoms with Gasteiger partial charge in [0.2, 0.25) is 0 Å². The fourth-order valence-electron chi connectivity index (χ4n) is 1.15. The van der Waals surface area contributed by atoms with Gasteiger partial charge in [0.25, 0.3) is 0 Å². The highest BCUT2D eigenvalue weighted by molar-refractivity contribution is 7.12. The van der Waals surface area contributed by atoms with Crippen LogP contribution in [-0.2, 0) is 0 Å². The van der Waals surface area contributed by atoms with Gasteiger partial charge < -0.3 is 14.5 Å².